The first kappa shape index (κ1) is 13.5. The van der Waals surface area contributed by atoms with Crippen molar-refractivity contribution in [3.63, 3.8) is 0 Å². The maximum Gasteiger partial charge on any atom is 0.0325 e. The Morgan fingerprint density at radius 3 is 3.12 bits per heavy atom. The monoisotopic (exact) mass is 316 g/mol. The molecule has 0 aliphatic carbocycles. The Hall–Kier alpha value is 0.1000. The summed E-state index contributed by atoms with van der Waals surface area (Å²) in [5.41, 5.74) is 0. The summed E-state index contributed by atoms with van der Waals surface area (Å²) in [4.78, 5) is 3.87. The normalized spacial score (nSPS) is 21.7. The van der Waals surface area contributed by atoms with Gasteiger partial charge in [0.15, 0.2) is 0 Å². The molecule has 2 nitrogen and oxygen atoms in total. The third-order valence-electron chi connectivity index (χ3n) is 3.24. The van der Waals surface area contributed by atoms with Gasteiger partial charge >= 0.3 is 0 Å². The van der Waals surface area contributed by atoms with E-state index in [2.05, 4.69) is 44.6 Å². The highest BCUT2D eigenvalue weighted by Crippen LogP contribution is 2.21. The molecule has 1 atom stereocenters. The Kier molecular flexibility index (Phi) is 5.48. The van der Waals surface area contributed by atoms with E-state index in [1.165, 1.54) is 41.6 Å². The lowest BCUT2D eigenvalue weighted by atomic mass is 10.1. The van der Waals surface area contributed by atoms with Crippen molar-refractivity contribution < 1.29 is 0 Å². The SMILES string of the molecule is CN(Cc1cc(Br)cs1)CC1CCCCCN1. The summed E-state index contributed by atoms with van der Waals surface area (Å²) in [7, 11) is 2.22. The summed E-state index contributed by atoms with van der Waals surface area (Å²) in [6.07, 6.45) is 5.46. The zero-order chi connectivity index (χ0) is 12.1. The minimum absolute atomic E-state index is 0.686. The van der Waals surface area contributed by atoms with Gasteiger partial charge in [-0.25, -0.2) is 0 Å². The number of likely N-dealkylation sites (N-methyl/N-ethyl adjacent to an activating group) is 1. The fraction of sp³-hybridized carbons (Fsp3) is 0.692. The van der Waals surface area contributed by atoms with Crippen LogP contribution in [0.2, 0.25) is 0 Å². The summed E-state index contributed by atoms with van der Waals surface area (Å²) in [5.74, 6) is 0. The molecule has 2 heterocycles. The van der Waals surface area contributed by atoms with Crippen molar-refractivity contribution in [3.05, 3.63) is 20.8 Å². The molecule has 0 radical (unpaired) electrons. The molecular weight excluding hydrogens is 296 g/mol. The average Bonchev–Trinajstić information content (AvgIpc) is 2.53. The van der Waals surface area contributed by atoms with Crippen molar-refractivity contribution in [3.8, 4) is 0 Å². The second-order valence-corrected chi connectivity index (χ2v) is 6.84. The summed E-state index contributed by atoms with van der Waals surface area (Å²) >= 11 is 5.35. The van der Waals surface area contributed by atoms with Crippen LogP contribution in [0, 0.1) is 0 Å². The molecule has 1 aliphatic rings. The van der Waals surface area contributed by atoms with Crippen LogP contribution in [0.15, 0.2) is 15.9 Å². The summed E-state index contributed by atoms with van der Waals surface area (Å²) in [6.45, 7) is 3.42. The lowest BCUT2D eigenvalue weighted by Crippen LogP contribution is -2.38. The highest BCUT2D eigenvalue weighted by atomic mass is 79.9. The number of hydrogen-bond acceptors (Lipinski definition) is 3. The third kappa shape index (κ3) is 4.70. The highest BCUT2D eigenvalue weighted by molar-refractivity contribution is 9.10. The van der Waals surface area contributed by atoms with Crippen LogP contribution in [0.4, 0.5) is 0 Å². The van der Waals surface area contributed by atoms with Gasteiger partial charge < -0.3 is 5.32 Å². The fourth-order valence-corrected chi connectivity index (χ4v) is 3.93. The lowest BCUT2D eigenvalue weighted by molar-refractivity contribution is 0.280. The largest absolute Gasteiger partial charge is 0.313 e. The molecule has 1 aromatic heterocycles. The molecule has 96 valence electrons. The first-order chi connectivity index (χ1) is 8.24. The van der Waals surface area contributed by atoms with Gasteiger partial charge in [-0.15, -0.1) is 11.3 Å². The summed E-state index contributed by atoms with van der Waals surface area (Å²) in [6, 6.07) is 2.91. The molecule has 1 fully saturated rings. The van der Waals surface area contributed by atoms with Crippen LogP contribution in [-0.2, 0) is 6.54 Å². The van der Waals surface area contributed by atoms with E-state index in [9.17, 15) is 0 Å². The van der Waals surface area contributed by atoms with E-state index >= 15 is 0 Å². The Labute approximate surface area is 117 Å². The van der Waals surface area contributed by atoms with Gasteiger partial charge in [-0.3, -0.25) is 4.90 Å². The maximum atomic E-state index is 3.66. The van der Waals surface area contributed by atoms with Crippen molar-refractivity contribution in [2.24, 2.45) is 0 Å². The molecule has 1 aromatic rings. The van der Waals surface area contributed by atoms with Gasteiger partial charge in [0.25, 0.3) is 0 Å². The van der Waals surface area contributed by atoms with Gasteiger partial charge in [0.2, 0.25) is 0 Å². The number of halogens is 1. The van der Waals surface area contributed by atoms with Crippen molar-refractivity contribution in [2.45, 2.75) is 38.3 Å². The van der Waals surface area contributed by atoms with Crippen LogP contribution in [0.5, 0.6) is 0 Å². The van der Waals surface area contributed by atoms with Crippen LogP contribution >= 0.6 is 27.3 Å². The van der Waals surface area contributed by atoms with Crippen molar-refractivity contribution in [1.29, 1.82) is 0 Å². The minimum atomic E-state index is 0.686. The molecule has 1 unspecified atom stereocenters. The van der Waals surface area contributed by atoms with Crippen LogP contribution in [-0.4, -0.2) is 31.1 Å². The molecule has 0 spiro atoms. The predicted octanol–water partition coefficient (Wildman–Crippen LogP) is 3.47. The lowest BCUT2D eigenvalue weighted by Gasteiger charge is -2.23. The molecule has 2 rings (SSSR count). The van der Waals surface area contributed by atoms with Crippen molar-refractivity contribution in [2.75, 3.05) is 20.1 Å². The van der Waals surface area contributed by atoms with Crippen LogP contribution in [0.1, 0.15) is 30.6 Å². The standard InChI is InChI=1S/C13H21BrN2S/c1-16(9-13-7-11(14)10-17-13)8-12-5-3-2-4-6-15-12/h7,10,12,15H,2-6,8-9H2,1H3. The van der Waals surface area contributed by atoms with Gasteiger partial charge in [0.05, 0.1) is 0 Å². The van der Waals surface area contributed by atoms with E-state index in [1.807, 2.05) is 11.3 Å². The number of nitrogens with one attached hydrogen (secondary N) is 1. The summed E-state index contributed by atoms with van der Waals surface area (Å²) in [5, 5.41) is 5.82. The molecule has 4 heteroatoms. The van der Waals surface area contributed by atoms with Gasteiger partial charge in [0.1, 0.15) is 0 Å². The van der Waals surface area contributed by atoms with Crippen LogP contribution in [0.3, 0.4) is 0 Å². The van der Waals surface area contributed by atoms with Crippen molar-refractivity contribution in [1.82, 2.24) is 10.2 Å². The molecule has 0 amide bonds. The van der Waals surface area contributed by atoms with E-state index in [1.54, 1.807) is 0 Å². The van der Waals surface area contributed by atoms with Gasteiger partial charge in [-0.05, 0) is 48.4 Å². The maximum absolute atomic E-state index is 3.66. The molecule has 1 aliphatic heterocycles. The molecule has 0 aromatic carbocycles. The van der Waals surface area contributed by atoms with E-state index < -0.39 is 0 Å². The second kappa shape index (κ2) is 6.88. The molecular formula is C13H21BrN2S. The van der Waals surface area contributed by atoms with E-state index in [-0.39, 0.29) is 0 Å². The first-order valence-corrected chi connectivity index (χ1v) is 8.06. The van der Waals surface area contributed by atoms with E-state index in [0.717, 1.165) is 13.1 Å². The van der Waals surface area contributed by atoms with E-state index in [0.29, 0.717) is 6.04 Å². The summed E-state index contributed by atoms with van der Waals surface area (Å²) < 4.78 is 1.21. The minimum Gasteiger partial charge on any atom is -0.313 e. The Morgan fingerprint density at radius 2 is 2.35 bits per heavy atom. The number of rotatable bonds is 4. The van der Waals surface area contributed by atoms with Gasteiger partial charge in [-0.1, -0.05) is 12.8 Å². The molecule has 1 N–H and O–H groups in total. The Morgan fingerprint density at radius 1 is 1.47 bits per heavy atom. The molecule has 17 heavy (non-hydrogen) atoms. The fourth-order valence-electron chi connectivity index (χ4n) is 2.40. The smallest absolute Gasteiger partial charge is 0.0325 e. The second-order valence-electron chi connectivity index (χ2n) is 4.93. The average molecular weight is 317 g/mol. The van der Waals surface area contributed by atoms with E-state index in [4.69, 9.17) is 0 Å². The number of thiophene rings is 1. The number of nitrogens with zero attached hydrogens (tertiary/aromatic N) is 1. The Balaban J connectivity index is 1.77. The zero-order valence-electron chi connectivity index (χ0n) is 10.4. The molecule has 1 saturated heterocycles. The van der Waals surface area contributed by atoms with Crippen LogP contribution < -0.4 is 5.32 Å². The molecule has 0 saturated carbocycles. The first-order valence-electron chi connectivity index (χ1n) is 6.39. The zero-order valence-corrected chi connectivity index (χ0v) is 12.8. The topological polar surface area (TPSA) is 15.3 Å². The van der Waals surface area contributed by atoms with Gasteiger partial charge in [-0.2, -0.15) is 0 Å². The number of hydrogen-bond donors (Lipinski definition) is 1. The third-order valence-corrected chi connectivity index (χ3v) is 4.92. The predicted molar refractivity (Wildman–Crippen MR) is 78.6 cm³/mol. The molecule has 0 bridgehead atoms. The van der Waals surface area contributed by atoms with Crippen LogP contribution in [0.25, 0.3) is 0 Å². The highest BCUT2D eigenvalue weighted by Gasteiger charge is 2.13. The Bertz CT molecular complexity index is 332. The van der Waals surface area contributed by atoms with Gasteiger partial charge in [0, 0.05) is 33.9 Å². The quantitative estimate of drug-likeness (QED) is 0.915. The van der Waals surface area contributed by atoms with Crippen molar-refractivity contribution >= 4 is 27.3 Å².